The molecule has 0 aliphatic carbocycles. The predicted molar refractivity (Wildman–Crippen MR) is 99.4 cm³/mol. The first kappa shape index (κ1) is 17.7. The van der Waals surface area contributed by atoms with E-state index >= 15 is 0 Å². The summed E-state index contributed by atoms with van der Waals surface area (Å²) in [7, 11) is 0. The topological polar surface area (TPSA) is 65.7 Å². The molecular formula is C21H20O5. The minimum Gasteiger partial charge on any atom is -0.479 e. The second-order valence-corrected chi connectivity index (χ2v) is 5.90. The van der Waals surface area contributed by atoms with Crippen LogP contribution in [0.5, 0.6) is 5.75 Å². The van der Waals surface area contributed by atoms with Gasteiger partial charge in [0.15, 0.2) is 6.10 Å². The van der Waals surface area contributed by atoms with Crippen molar-refractivity contribution >= 4 is 16.9 Å². The lowest BCUT2D eigenvalue weighted by Crippen LogP contribution is -2.26. The Morgan fingerprint density at radius 3 is 2.58 bits per heavy atom. The Labute approximate surface area is 151 Å². The van der Waals surface area contributed by atoms with Crippen molar-refractivity contribution in [3.05, 3.63) is 64.5 Å². The Morgan fingerprint density at radius 2 is 1.88 bits per heavy atom. The molecule has 5 heteroatoms. The number of hydrogen-bond acceptors (Lipinski definition) is 5. The van der Waals surface area contributed by atoms with Crippen LogP contribution in [0.25, 0.3) is 22.1 Å². The van der Waals surface area contributed by atoms with Gasteiger partial charge in [-0.3, -0.25) is 4.79 Å². The van der Waals surface area contributed by atoms with E-state index in [4.69, 9.17) is 13.9 Å². The van der Waals surface area contributed by atoms with E-state index in [0.29, 0.717) is 34.6 Å². The number of aryl methyl sites for hydroxylation is 1. The van der Waals surface area contributed by atoms with Crippen molar-refractivity contribution in [2.75, 3.05) is 6.61 Å². The fourth-order valence-corrected chi connectivity index (χ4v) is 2.81. The van der Waals surface area contributed by atoms with Gasteiger partial charge in [-0.2, -0.15) is 0 Å². The fourth-order valence-electron chi connectivity index (χ4n) is 2.81. The van der Waals surface area contributed by atoms with Gasteiger partial charge in [-0.05, 0) is 38.5 Å². The molecule has 0 N–H and O–H groups in total. The summed E-state index contributed by atoms with van der Waals surface area (Å²) >= 11 is 0. The zero-order valence-electron chi connectivity index (χ0n) is 14.9. The van der Waals surface area contributed by atoms with Crippen LogP contribution < -0.4 is 10.2 Å². The highest BCUT2D eigenvalue weighted by atomic mass is 16.6. The summed E-state index contributed by atoms with van der Waals surface area (Å²) < 4.78 is 16.4. The van der Waals surface area contributed by atoms with Gasteiger partial charge in [-0.25, -0.2) is 4.79 Å². The molecule has 1 heterocycles. The van der Waals surface area contributed by atoms with E-state index < -0.39 is 12.1 Å². The summed E-state index contributed by atoms with van der Waals surface area (Å²) in [4.78, 5) is 24.6. The quantitative estimate of drug-likeness (QED) is 0.647. The zero-order valence-corrected chi connectivity index (χ0v) is 14.9. The van der Waals surface area contributed by atoms with Gasteiger partial charge in [0.1, 0.15) is 17.1 Å². The molecule has 26 heavy (non-hydrogen) atoms. The molecule has 0 amide bonds. The molecular weight excluding hydrogens is 332 g/mol. The number of fused-ring (bicyclic) bond motifs is 1. The van der Waals surface area contributed by atoms with E-state index in [-0.39, 0.29) is 5.43 Å². The number of ether oxygens (including phenoxy) is 2. The normalized spacial score (nSPS) is 12.0. The third kappa shape index (κ3) is 3.47. The van der Waals surface area contributed by atoms with Gasteiger partial charge in [-0.1, -0.05) is 30.3 Å². The molecule has 0 unspecified atom stereocenters. The predicted octanol–water partition coefficient (Wildman–Crippen LogP) is 4.10. The largest absolute Gasteiger partial charge is 0.479 e. The van der Waals surface area contributed by atoms with E-state index in [9.17, 15) is 9.59 Å². The molecule has 0 saturated carbocycles. The molecule has 134 valence electrons. The number of carbonyl (C=O) groups excluding carboxylic acids is 1. The molecule has 3 aromatic rings. The lowest BCUT2D eigenvalue weighted by Gasteiger charge is -2.14. The van der Waals surface area contributed by atoms with Gasteiger partial charge in [-0.15, -0.1) is 0 Å². The van der Waals surface area contributed by atoms with Crippen molar-refractivity contribution in [3.63, 3.8) is 0 Å². The van der Waals surface area contributed by atoms with E-state index in [2.05, 4.69) is 0 Å². The molecule has 0 spiro atoms. The molecule has 0 aliphatic rings. The van der Waals surface area contributed by atoms with Crippen LogP contribution in [-0.2, 0) is 9.53 Å². The van der Waals surface area contributed by atoms with Crippen molar-refractivity contribution in [1.29, 1.82) is 0 Å². The summed E-state index contributed by atoms with van der Waals surface area (Å²) in [5.74, 6) is 0.530. The van der Waals surface area contributed by atoms with E-state index in [1.54, 1.807) is 39.0 Å². The summed E-state index contributed by atoms with van der Waals surface area (Å²) in [5.41, 5.74) is 1.68. The van der Waals surface area contributed by atoms with E-state index in [1.807, 2.05) is 30.3 Å². The number of hydrogen-bond donors (Lipinski definition) is 0. The van der Waals surface area contributed by atoms with Gasteiger partial charge in [0.2, 0.25) is 5.43 Å². The highest BCUT2D eigenvalue weighted by molar-refractivity contribution is 5.84. The Bertz CT molecular complexity index is 988. The summed E-state index contributed by atoms with van der Waals surface area (Å²) in [6.45, 7) is 5.41. The van der Waals surface area contributed by atoms with Crippen molar-refractivity contribution in [2.24, 2.45) is 0 Å². The third-order valence-electron chi connectivity index (χ3n) is 4.03. The summed E-state index contributed by atoms with van der Waals surface area (Å²) in [6.07, 6.45) is -0.746. The number of esters is 1. The number of carbonyl (C=O) groups is 1. The highest BCUT2D eigenvalue weighted by Gasteiger charge is 2.17. The van der Waals surface area contributed by atoms with Crippen LogP contribution in [0.3, 0.4) is 0 Å². The molecule has 1 atom stereocenters. The first-order chi connectivity index (χ1) is 12.5. The smallest absolute Gasteiger partial charge is 0.347 e. The molecule has 3 rings (SSSR count). The maximum Gasteiger partial charge on any atom is 0.347 e. The van der Waals surface area contributed by atoms with Gasteiger partial charge >= 0.3 is 5.97 Å². The minimum absolute atomic E-state index is 0.0973. The Balaban J connectivity index is 2.00. The molecule has 2 aromatic carbocycles. The van der Waals surface area contributed by atoms with Gasteiger partial charge in [0.25, 0.3) is 0 Å². The molecule has 0 fully saturated rings. The standard InChI is InChI=1S/C21H20O5/c1-4-24-21(23)14(3)25-16-10-11-17-18(12-16)26-13(2)19(20(17)22)15-8-6-5-7-9-15/h5-12,14H,4H2,1-3H3/t14-/m0/s1. The number of benzene rings is 2. The van der Waals surface area contributed by atoms with Crippen molar-refractivity contribution in [2.45, 2.75) is 26.9 Å². The monoisotopic (exact) mass is 352 g/mol. The van der Waals surface area contributed by atoms with Crippen LogP contribution >= 0.6 is 0 Å². The lowest BCUT2D eigenvalue weighted by atomic mass is 10.0. The third-order valence-corrected chi connectivity index (χ3v) is 4.03. The molecule has 0 radical (unpaired) electrons. The second kappa shape index (κ2) is 7.44. The second-order valence-electron chi connectivity index (χ2n) is 5.90. The van der Waals surface area contributed by atoms with Crippen molar-refractivity contribution in [3.8, 4) is 16.9 Å². The molecule has 0 saturated heterocycles. The summed E-state index contributed by atoms with van der Waals surface area (Å²) in [5, 5.41) is 0.464. The van der Waals surface area contributed by atoms with Crippen LogP contribution in [0.2, 0.25) is 0 Å². The lowest BCUT2D eigenvalue weighted by molar-refractivity contribution is -0.150. The highest BCUT2D eigenvalue weighted by Crippen LogP contribution is 2.26. The van der Waals surface area contributed by atoms with Crippen LogP contribution in [0.15, 0.2) is 57.7 Å². The van der Waals surface area contributed by atoms with Gasteiger partial charge in [0.05, 0.1) is 17.6 Å². The Kier molecular flexibility index (Phi) is 5.07. The average molecular weight is 352 g/mol. The molecule has 5 nitrogen and oxygen atoms in total. The van der Waals surface area contributed by atoms with Gasteiger partial charge in [0, 0.05) is 6.07 Å². The molecule has 0 bridgehead atoms. The van der Waals surface area contributed by atoms with Crippen LogP contribution in [0.1, 0.15) is 19.6 Å². The fraction of sp³-hybridized carbons (Fsp3) is 0.238. The molecule has 0 aliphatic heterocycles. The maximum absolute atomic E-state index is 12.9. The van der Waals surface area contributed by atoms with Crippen LogP contribution in [-0.4, -0.2) is 18.7 Å². The van der Waals surface area contributed by atoms with Crippen LogP contribution in [0, 0.1) is 6.92 Å². The Morgan fingerprint density at radius 1 is 1.15 bits per heavy atom. The van der Waals surface area contributed by atoms with Crippen molar-refractivity contribution in [1.82, 2.24) is 0 Å². The first-order valence-corrected chi connectivity index (χ1v) is 8.47. The molecule has 1 aromatic heterocycles. The Hall–Kier alpha value is -3.08. The van der Waals surface area contributed by atoms with Crippen molar-refractivity contribution < 1.29 is 18.7 Å². The zero-order chi connectivity index (χ0) is 18.7. The number of rotatable bonds is 5. The SMILES string of the molecule is CCOC(=O)[C@H](C)Oc1ccc2c(=O)c(-c3ccccc3)c(C)oc2c1. The summed E-state index contributed by atoms with van der Waals surface area (Å²) in [6, 6.07) is 14.3. The van der Waals surface area contributed by atoms with Gasteiger partial charge < -0.3 is 13.9 Å². The van der Waals surface area contributed by atoms with Crippen LogP contribution in [0.4, 0.5) is 0 Å². The average Bonchev–Trinajstić information content (AvgIpc) is 2.62. The minimum atomic E-state index is -0.746. The van der Waals surface area contributed by atoms with E-state index in [1.165, 1.54) is 0 Å². The first-order valence-electron chi connectivity index (χ1n) is 8.47. The van der Waals surface area contributed by atoms with E-state index in [0.717, 1.165) is 5.56 Å². The maximum atomic E-state index is 12.9.